The van der Waals surface area contributed by atoms with Gasteiger partial charge in [0.1, 0.15) is 6.61 Å². The molecule has 1 aromatic rings. The van der Waals surface area contributed by atoms with Gasteiger partial charge >= 0.3 is 0 Å². The highest BCUT2D eigenvalue weighted by atomic mass is 16.5. The summed E-state index contributed by atoms with van der Waals surface area (Å²) in [6.07, 6.45) is 14.6. The van der Waals surface area contributed by atoms with E-state index in [4.69, 9.17) is 15.9 Å². The highest BCUT2D eigenvalue weighted by molar-refractivity contribution is 5.89. The number of terminal acetylenes is 1. The van der Waals surface area contributed by atoms with E-state index < -0.39 is 0 Å². The lowest BCUT2D eigenvalue weighted by Crippen LogP contribution is -1.99. The van der Waals surface area contributed by atoms with Gasteiger partial charge in [0.25, 0.3) is 0 Å². The van der Waals surface area contributed by atoms with Gasteiger partial charge in [0.2, 0.25) is 0 Å². The average Bonchev–Trinajstić information content (AvgIpc) is 2.58. The van der Waals surface area contributed by atoms with Crippen molar-refractivity contribution >= 4 is 5.78 Å². The van der Waals surface area contributed by atoms with E-state index in [-0.39, 0.29) is 12.4 Å². The first-order valence-corrected chi connectivity index (χ1v) is 8.13. The molecule has 3 nitrogen and oxygen atoms in total. The van der Waals surface area contributed by atoms with Gasteiger partial charge in [-0.2, -0.15) is 0 Å². The van der Waals surface area contributed by atoms with Gasteiger partial charge in [-0.1, -0.05) is 37.8 Å². The van der Waals surface area contributed by atoms with E-state index in [1.807, 2.05) is 24.3 Å². The maximum atomic E-state index is 11.8. The van der Waals surface area contributed by atoms with E-state index in [2.05, 4.69) is 12.8 Å². The molecule has 23 heavy (non-hydrogen) atoms. The van der Waals surface area contributed by atoms with Crippen LogP contribution in [0.25, 0.3) is 0 Å². The quantitative estimate of drug-likeness (QED) is 0.346. The number of carbonyl (C=O) groups excluding carboxylic acids is 1. The van der Waals surface area contributed by atoms with Gasteiger partial charge in [0.15, 0.2) is 17.3 Å². The number of allylic oxidation sites excluding steroid dienone is 2. The summed E-state index contributed by atoms with van der Waals surface area (Å²) >= 11 is 0. The van der Waals surface area contributed by atoms with Crippen molar-refractivity contribution in [3.63, 3.8) is 0 Å². The molecule has 1 aromatic carbocycles. The van der Waals surface area contributed by atoms with E-state index in [0.29, 0.717) is 24.3 Å². The first-order chi connectivity index (χ1) is 11.2. The summed E-state index contributed by atoms with van der Waals surface area (Å²) in [7, 11) is 1.59. The molecule has 0 heterocycles. The molecular formula is C20H26O3. The van der Waals surface area contributed by atoms with E-state index in [0.717, 1.165) is 18.4 Å². The number of methoxy groups -OCH3 is 1. The fourth-order valence-electron chi connectivity index (χ4n) is 2.18. The molecule has 0 fully saturated rings. The Balaban J connectivity index is 2.48. The zero-order valence-corrected chi connectivity index (χ0v) is 14.1. The second-order valence-electron chi connectivity index (χ2n) is 5.34. The molecule has 0 saturated heterocycles. The second kappa shape index (κ2) is 11.4. The van der Waals surface area contributed by atoms with Gasteiger partial charge in [-0.3, -0.25) is 4.79 Å². The summed E-state index contributed by atoms with van der Waals surface area (Å²) in [5.41, 5.74) is 1.04. The lowest BCUT2D eigenvalue weighted by atomic mass is 10.1. The molecule has 0 atom stereocenters. The number of rotatable bonds is 11. The average molecular weight is 314 g/mol. The molecule has 0 aliphatic rings. The number of aryl methyl sites for hydroxylation is 1. The highest BCUT2D eigenvalue weighted by Gasteiger charge is 2.06. The van der Waals surface area contributed by atoms with Crippen molar-refractivity contribution in [3.8, 4) is 23.8 Å². The van der Waals surface area contributed by atoms with Gasteiger partial charge in [-0.05, 0) is 43.0 Å². The molecule has 0 saturated carbocycles. The Morgan fingerprint density at radius 2 is 2.13 bits per heavy atom. The summed E-state index contributed by atoms with van der Waals surface area (Å²) in [5.74, 6) is 3.85. The lowest BCUT2D eigenvalue weighted by Gasteiger charge is -2.10. The number of ketones is 1. The van der Waals surface area contributed by atoms with Crippen LogP contribution >= 0.6 is 0 Å². The van der Waals surface area contributed by atoms with Crippen LogP contribution in [0.15, 0.2) is 30.4 Å². The molecule has 124 valence electrons. The predicted molar refractivity (Wildman–Crippen MR) is 93.9 cm³/mol. The van der Waals surface area contributed by atoms with Crippen molar-refractivity contribution < 1.29 is 14.3 Å². The summed E-state index contributed by atoms with van der Waals surface area (Å²) in [6.45, 7) is 2.38. The molecular weight excluding hydrogens is 288 g/mol. The molecule has 0 N–H and O–H groups in total. The van der Waals surface area contributed by atoms with Crippen LogP contribution in [-0.4, -0.2) is 19.5 Å². The Kier molecular flexibility index (Phi) is 9.31. The molecule has 0 aromatic heterocycles. The van der Waals surface area contributed by atoms with Crippen molar-refractivity contribution in [1.29, 1.82) is 0 Å². The van der Waals surface area contributed by atoms with Crippen LogP contribution in [0.3, 0.4) is 0 Å². The van der Waals surface area contributed by atoms with Crippen LogP contribution in [0.2, 0.25) is 0 Å². The molecule has 0 bridgehead atoms. The Morgan fingerprint density at radius 1 is 1.30 bits per heavy atom. The van der Waals surface area contributed by atoms with E-state index in [9.17, 15) is 4.79 Å². The minimum Gasteiger partial charge on any atom is -0.493 e. The zero-order valence-electron chi connectivity index (χ0n) is 14.1. The van der Waals surface area contributed by atoms with Crippen molar-refractivity contribution in [2.24, 2.45) is 0 Å². The van der Waals surface area contributed by atoms with Gasteiger partial charge in [-0.25, -0.2) is 0 Å². The molecule has 0 unspecified atom stereocenters. The van der Waals surface area contributed by atoms with Crippen LogP contribution < -0.4 is 9.47 Å². The molecule has 1 rings (SSSR count). The van der Waals surface area contributed by atoms with Gasteiger partial charge in [-0.15, -0.1) is 6.42 Å². The molecule has 0 amide bonds. The number of carbonyl (C=O) groups is 1. The second-order valence-corrected chi connectivity index (χ2v) is 5.34. The third-order valence-electron chi connectivity index (χ3n) is 3.48. The Labute approximate surface area is 139 Å². The summed E-state index contributed by atoms with van der Waals surface area (Å²) < 4.78 is 10.7. The third-order valence-corrected chi connectivity index (χ3v) is 3.48. The molecule has 3 heteroatoms. The number of hydrogen-bond donors (Lipinski definition) is 0. The van der Waals surface area contributed by atoms with Gasteiger partial charge in [0, 0.05) is 6.42 Å². The van der Waals surface area contributed by atoms with Gasteiger partial charge < -0.3 is 9.47 Å². The molecule has 0 aliphatic carbocycles. The fourth-order valence-corrected chi connectivity index (χ4v) is 2.18. The summed E-state index contributed by atoms with van der Waals surface area (Å²) in [4.78, 5) is 11.8. The lowest BCUT2D eigenvalue weighted by molar-refractivity contribution is -0.114. The molecule has 0 radical (unpaired) electrons. The van der Waals surface area contributed by atoms with E-state index in [1.54, 1.807) is 13.2 Å². The standard InChI is InChI=1S/C20H26O3/c1-4-6-7-8-9-10-18(21)13-11-17-12-14-19(23-15-5-2)20(16-17)22-3/h2,9-10,12,14,16H,4,6-8,11,13,15H2,1,3H3/b10-9+. The summed E-state index contributed by atoms with van der Waals surface area (Å²) in [6, 6.07) is 5.66. The first-order valence-electron chi connectivity index (χ1n) is 8.13. The zero-order chi connectivity index (χ0) is 16.9. The number of hydrogen-bond acceptors (Lipinski definition) is 3. The topological polar surface area (TPSA) is 35.5 Å². The van der Waals surface area contributed by atoms with Crippen LogP contribution in [0.1, 0.15) is 44.6 Å². The van der Waals surface area contributed by atoms with Crippen LogP contribution in [0.4, 0.5) is 0 Å². The smallest absolute Gasteiger partial charge is 0.162 e. The number of unbranched alkanes of at least 4 members (excludes halogenated alkanes) is 3. The summed E-state index contributed by atoms with van der Waals surface area (Å²) in [5, 5.41) is 0. The Hall–Kier alpha value is -2.21. The number of ether oxygens (including phenoxy) is 2. The first kappa shape index (κ1) is 18.8. The highest BCUT2D eigenvalue weighted by Crippen LogP contribution is 2.28. The maximum Gasteiger partial charge on any atom is 0.162 e. The van der Waals surface area contributed by atoms with Crippen LogP contribution in [0.5, 0.6) is 11.5 Å². The monoisotopic (exact) mass is 314 g/mol. The van der Waals surface area contributed by atoms with Crippen LogP contribution in [0, 0.1) is 12.3 Å². The SMILES string of the molecule is C#CCOc1ccc(CCC(=O)/C=C/CCCCC)cc1OC. The third kappa shape index (κ3) is 7.56. The molecule has 0 spiro atoms. The maximum absolute atomic E-state index is 11.8. The van der Waals surface area contributed by atoms with E-state index in [1.165, 1.54) is 12.8 Å². The van der Waals surface area contributed by atoms with E-state index >= 15 is 0 Å². The van der Waals surface area contributed by atoms with Crippen LogP contribution in [-0.2, 0) is 11.2 Å². The van der Waals surface area contributed by atoms with Crippen molar-refractivity contribution in [2.45, 2.75) is 45.4 Å². The minimum absolute atomic E-state index is 0.160. The Bertz CT molecular complexity index is 552. The van der Waals surface area contributed by atoms with Crippen molar-refractivity contribution in [2.75, 3.05) is 13.7 Å². The Morgan fingerprint density at radius 3 is 2.83 bits per heavy atom. The predicted octanol–water partition coefficient (Wildman–Crippen LogP) is 4.35. The largest absolute Gasteiger partial charge is 0.493 e. The number of benzene rings is 1. The van der Waals surface area contributed by atoms with Gasteiger partial charge in [0.05, 0.1) is 7.11 Å². The van der Waals surface area contributed by atoms with Crippen molar-refractivity contribution in [1.82, 2.24) is 0 Å². The molecule has 0 aliphatic heterocycles. The van der Waals surface area contributed by atoms with Crippen molar-refractivity contribution in [3.05, 3.63) is 35.9 Å². The normalized spacial score (nSPS) is 10.5. The fraction of sp³-hybridized carbons (Fsp3) is 0.450. The minimum atomic E-state index is 0.160.